The van der Waals surface area contributed by atoms with Crippen molar-refractivity contribution in [3.8, 4) is 5.75 Å². The van der Waals surface area contributed by atoms with Gasteiger partial charge in [-0.15, -0.1) is 0 Å². The summed E-state index contributed by atoms with van der Waals surface area (Å²) < 4.78 is 0. The molecule has 1 aromatic carbocycles. The van der Waals surface area contributed by atoms with E-state index in [-0.39, 0.29) is 16.9 Å². The zero-order valence-electron chi connectivity index (χ0n) is 13.2. The summed E-state index contributed by atoms with van der Waals surface area (Å²) in [6.45, 7) is 7.04. The third kappa shape index (κ3) is 1.33. The van der Waals surface area contributed by atoms with Gasteiger partial charge in [0.05, 0.1) is 0 Å². The number of benzene rings is 1. The van der Waals surface area contributed by atoms with Crippen molar-refractivity contribution >= 4 is 0 Å². The highest BCUT2D eigenvalue weighted by Crippen LogP contribution is 2.67. The molecule has 1 saturated carbocycles. The van der Waals surface area contributed by atoms with Crippen molar-refractivity contribution in [2.45, 2.75) is 57.9 Å². The van der Waals surface area contributed by atoms with Gasteiger partial charge in [-0.3, -0.25) is 0 Å². The Bertz CT molecular complexity index is 662. The number of aromatic hydroxyl groups is 1. The predicted molar refractivity (Wildman–Crippen MR) is 85.3 cm³/mol. The van der Waals surface area contributed by atoms with E-state index >= 15 is 0 Å². The van der Waals surface area contributed by atoms with Crippen LogP contribution in [0.2, 0.25) is 0 Å². The van der Waals surface area contributed by atoms with E-state index in [0.29, 0.717) is 11.7 Å². The second-order valence-corrected chi connectivity index (χ2v) is 7.62. The van der Waals surface area contributed by atoms with Gasteiger partial charge in [0.25, 0.3) is 0 Å². The van der Waals surface area contributed by atoms with Crippen molar-refractivity contribution in [3.63, 3.8) is 0 Å². The van der Waals surface area contributed by atoms with E-state index in [1.165, 1.54) is 24.0 Å². The third-order valence-electron chi connectivity index (χ3n) is 7.23. The number of nitrogens with two attached hydrogens (primary N) is 1. The summed E-state index contributed by atoms with van der Waals surface area (Å²) in [7, 11) is 0. The number of phenolic OH excluding ortho intramolecular Hbond substituents is 1. The summed E-state index contributed by atoms with van der Waals surface area (Å²) in [5.41, 5.74) is 12.9. The van der Waals surface area contributed by atoms with Crippen molar-refractivity contribution in [2.24, 2.45) is 17.1 Å². The van der Waals surface area contributed by atoms with Gasteiger partial charge < -0.3 is 10.8 Å². The minimum atomic E-state index is 0.117. The fourth-order valence-electron chi connectivity index (χ4n) is 6.00. The number of aryl methyl sites for hydroxylation is 1. The van der Waals surface area contributed by atoms with Gasteiger partial charge in [0.15, 0.2) is 0 Å². The van der Waals surface area contributed by atoms with Crippen molar-refractivity contribution < 1.29 is 5.11 Å². The van der Waals surface area contributed by atoms with Crippen LogP contribution in [0.15, 0.2) is 29.3 Å². The van der Waals surface area contributed by atoms with Gasteiger partial charge in [0, 0.05) is 16.9 Å². The van der Waals surface area contributed by atoms with Crippen LogP contribution in [-0.4, -0.2) is 11.1 Å². The molecule has 2 bridgehead atoms. The maximum Gasteiger partial charge on any atom is 0.115 e. The molecule has 1 spiro atoms. The van der Waals surface area contributed by atoms with Crippen molar-refractivity contribution in [1.82, 2.24) is 0 Å². The molecule has 4 rings (SSSR count). The Kier molecular flexibility index (Phi) is 2.50. The minimum absolute atomic E-state index is 0.117. The maximum absolute atomic E-state index is 9.81. The van der Waals surface area contributed by atoms with Crippen molar-refractivity contribution in [2.75, 3.05) is 0 Å². The average Bonchev–Trinajstić information content (AvgIpc) is 2.57. The predicted octanol–water partition coefficient (Wildman–Crippen LogP) is 3.67. The summed E-state index contributed by atoms with van der Waals surface area (Å²) in [6, 6.07) is 6.23. The van der Waals surface area contributed by atoms with Gasteiger partial charge in [-0.2, -0.15) is 0 Å². The molecule has 0 radical (unpaired) electrons. The van der Waals surface area contributed by atoms with E-state index in [4.69, 9.17) is 5.73 Å². The lowest BCUT2D eigenvalue weighted by molar-refractivity contribution is 0.0574. The van der Waals surface area contributed by atoms with Gasteiger partial charge in [0.2, 0.25) is 0 Å². The largest absolute Gasteiger partial charge is 0.508 e. The van der Waals surface area contributed by atoms with E-state index < -0.39 is 0 Å². The molecule has 0 heterocycles. The Morgan fingerprint density at radius 2 is 2.00 bits per heavy atom. The van der Waals surface area contributed by atoms with Crippen molar-refractivity contribution in [3.05, 3.63) is 40.5 Å². The van der Waals surface area contributed by atoms with Crippen LogP contribution in [0.3, 0.4) is 0 Å². The molecule has 4 atom stereocenters. The molecule has 0 aliphatic heterocycles. The van der Waals surface area contributed by atoms with Crippen LogP contribution in [0.25, 0.3) is 0 Å². The molecule has 3 aliphatic carbocycles. The highest BCUT2D eigenvalue weighted by atomic mass is 16.3. The lowest BCUT2D eigenvalue weighted by Crippen LogP contribution is -2.60. The van der Waals surface area contributed by atoms with E-state index in [1.807, 2.05) is 12.1 Å². The Balaban J connectivity index is 1.98. The Hall–Kier alpha value is -1.28. The number of hydrogen-bond acceptors (Lipinski definition) is 2. The molecular formula is C19H25NO. The first-order valence-electron chi connectivity index (χ1n) is 8.17. The highest BCUT2D eigenvalue weighted by Gasteiger charge is 2.63. The Morgan fingerprint density at radius 1 is 1.24 bits per heavy atom. The van der Waals surface area contributed by atoms with Gasteiger partial charge >= 0.3 is 0 Å². The summed E-state index contributed by atoms with van der Waals surface area (Å²) in [5.74, 6) is 0.970. The van der Waals surface area contributed by atoms with Crippen molar-refractivity contribution in [1.29, 1.82) is 0 Å². The summed E-state index contributed by atoms with van der Waals surface area (Å²) in [6.07, 6.45) is 4.56. The monoisotopic (exact) mass is 283 g/mol. The molecule has 21 heavy (non-hydrogen) atoms. The smallest absolute Gasteiger partial charge is 0.115 e. The van der Waals surface area contributed by atoms with Gasteiger partial charge in [-0.25, -0.2) is 0 Å². The average molecular weight is 283 g/mol. The van der Waals surface area contributed by atoms with Crippen LogP contribution in [0, 0.1) is 11.3 Å². The van der Waals surface area contributed by atoms with Gasteiger partial charge in [-0.1, -0.05) is 24.1 Å². The Labute approximate surface area is 127 Å². The first kappa shape index (κ1) is 13.4. The number of hydrogen-bond donors (Lipinski definition) is 2. The number of rotatable bonds is 0. The fourth-order valence-corrected chi connectivity index (χ4v) is 6.00. The van der Waals surface area contributed by atoms with Crippen LogP contribution >= 0.6 is 0 Å². The molecule has 0 aromatic heterocycles. The van der Waals surface area contributed by atoms with Crippen LogP contribution in [-0.2, 0) is 11.8 Å². The lowest BCUT2D eigenvalue weighted by atomic mass is 9.47. The summed E-state index contributed by atoms with van der Waals surface area (Å²) in [5, 5.41) is 9.81. The SMILES string of the molecule is CC1=C(C)[C@]23CCc4cc(O)ccc4[C@]2(C)CC[C@H]1C3N. The first-order chi connectivity index (χ1) is 9.92. The highest BCUT2D eigenvalue weighted by molar-refractivity contribution is 5.51. The molecular weight excluding hydrogens is 258 g/mol. The van der Waals surface area contributed by atoms with E-state index in [9.17, 15) is 5.11 Å². The van der Waals surface area contributed by atoms with Gasteiger partial charge in [0.1, 0.15) is 5.75 Å². The zero-order valence-corrected chi connectivity index (χ0v) is 13.2. The molecule has 1 fully saturated rings. The van der Waals surface area contributed by atoms with Gasteiger partial charge in [-0.05, 0) is 68.7 Å². The van der Waals surface area contributed by atoms with E-state index in [2.05, 4.69) is 26.8 Å². The third-order valence-corrected chi connectivity index (χ3v) is 7.23. The zero-order chi connectivity index (χ0) is 15.0. The quantitative estimate of drug-likeness (QED) is 0.714. The standard InChI is InChI=1S/C19H25NO/c1-11-12(2)19-9-6-13-10-14(21)4-5-16(13)18(19,3)8-7-15(11)17(19)20/h4-5,10,15,17,21H,6-9,20H2,1-3H3/t15-,17?,18+,19+/m1/s1. The first-order valence-corrected chi connectivity index (χ1v) is 8.17. The van der Waals surface area contributed by atoms with E-state index in [1.54, 1.807) is 11.1 Å². The second kappa shape index (κ2) is 3.92. The molecule has 2 nitrogen and oxygen atoms in total. The number of phenols is 1. The van der Waals surface area contributed by atoms with Crippen LogP contribution in [0.1, 0.15) is 51.2 Å². The molecule has 1 aromatic rings. The van der Waals surface area contributed by atoms with Crippen LogP contribution < -0.4 is 5.73 Å². The normalized spacial score (nSPS) is 41.0. The molecule has 3 aliphatic rings. The maximum atomic E-state index is 9.81. The van der Waals surface area contributed by atoms with Crippen LogP contribution in [0.4, 0.5) is 0 Å². The lowest BCUT2D eigenvalue weighted by Gasteiger charge is -2.58. The fraction of sp³-hybridized carbons (Fsp3) is 0.579. The molecule has 0 saturated heterocycles. The van der Waals surface area contributed by atoms with E-state index in [0.717, 1.165) is 12.8 Å². The second-order valence-electron chi connectivity index (χ2n) is 7.62. The molecule has 112 valence electrons. The van der Waals surface area contributed by atoms with Crippen LogP contribution in [0.5, 0.6) is 5.75 Å². The molecule has 0 amide bonds. The molecule has 3 N–H and O–H groups in total. The molecule has 2 heteroatoms. The molecule has 1 unspecified atom stereocenters. The topological polar surface area (TPSA) is 46.2 Å². The Morgan fingerprint density at radius 3 is 2.76 bits per heavy atom. The summed E-state index contributed by atoms with van der Waals surface area (Å²) in [4.78, 5) is 0. The summed E-state index contributed by atoms with van der Waals surface area (Å²) >= 11 is 0. The number of fused-ring (bicyclic) bond motifs is 3. The minimum Gasteiger partial charge on any atom is -0.508 e.